The van der Waals surface area contributed by atoms with Gasteiger partial charge in [0.15, 0.2) is 0 Å². The number of fused-ring (bicyclic) bond motifs is 1. The molecule has 24 heavy (non-hydrogen) atoms. The standard InChI is InChI=1S/C17H19N5O2/c1-3-11-22-15(23)10-9-13(20-22)16(24)19-17-18-12-7-5-6-8-14(12)21(17)4-2/h5-10H,3-4,11H2,1-2H3,(H,18,19,24). The minimum absolute atomic E-state index is 0.192. The molecule has 7 heteroatoms. The molecule has 0 aliphatic heterocycles. The summed E-state index contributed by atoms with van der Waals surface area (Å²) in [7, 11) is 0. The first-order chi connectivity index (χ1) is 11.6. The number of benzene rings is 1. The summed E-state index contributed by atoms with van der Waals surface area (Å²) in [5, 5.41) is 6.91. The Hall–Kier alpha value is -2.96. The first-order valence-electron chi connectivity index (χ1n) is 7.98. The van der Waals surface area contributed by atoms with Gasteiger partial charge in [0, 0.05) is 19.2 Å². The second-order valence-electron chi connectivity index (χ2n) is 5.40. The lowest BCUT2D eigenvalue weighted by atomic mass is 10.3. The van der Waals surface area contributed by atoms with Gasteiger partial charge in [-0.15, -0.1) is 0 Å². The molecule has 3 aromatic rings. The molecule has 2 aromatic heterocycles. The second-order valence-corrected chi connectivity index (χ2v) is 5.40. The summed E-state index contributed by atoms with van der Waals surface area (Å²) >= 11 is 0. The first-order valence-corrected chi connectivity index (χ1v) is 7.98. The Morgan fingerprint density at radius 3 is 2.71 bits per heavy atom. The number of nitrogens with zero attached hydrogens (tertiary/aromatic N) is 4. The highest BCUT2D eigenvalue weighted by Gasteiger charge is 2.15. The fourth-order valence-electron chi connectivity index (χ4n) is 2.60. The molecule has 1 amide bonds. The van der Waals surface area contributed by atoms with Gasteiger partial charge >= 0.3 is 0 Å². The Kier molecular flexibility index (Phi) is 4.41. The van der Waals surface area contributed by atoms with Gasteiger partial charge in [0.2, 0.25) is 5.95 Å². The molecule has 0 radical (unpaired) electrons. The molecule has 3 rings (SSSR count). The van der Waals surface area contributed by atoms with Crippen LogP contribution in [0.4, 0.5) is 5.95 Å². The Bertz CT molecular complexity index is 942. The Labute approximate surface area is 138 Å². The lowest BCUT2D eigenvalue weighted by molar-refractivity contribution is 0.101. The van der Waals surface area contributed by atoms with E-state index in [4.69, 9.17) is 0 Å². The van der Waals surface area contributed by atoms with Crippen LogP contribution >= 0.6 is 0 Å². The van der Waals surface area contributed by atoms with Crippen molar-refractivity contribution in [2.75, 3.05) is 5.32 Å². The predicted octanol–water partition coefficient (Wildman–Crippen LogP) is 2.28. The van der Waals surface area contributed by atoms with Crippen molar-refractivity contribution >= 4 is 22.9 Å². The third kappa shape index (κ3) is 2.92. The van der Waals surface area contributed by atoms with Gasteiger partial charge in [0.05, 0.1) is 11.0 Å². The molecule has 0 fully saturated rings. The average molecular weight is 325 g/mol. The zero-order valence-corrected chi connectivity index (χ0v) is 13.7. The lowest BCUT2D eigenvalue weighted by Gasteiger charge is -2.08. The van der Waals surface area contributed by atoms with Crippen molar-refractivity contribution in [3.8, 4) is 0 Å². The number of aromatic nitrogens is 4. The zero-order valence-electron chi connectivity index (χ0n) is 13.7. The number of carbonyl (C=O) groups is 1. The minimum Gasteiger partial charge on any atom is -0.310 e. The van der Waals surface area contributed by atoms with Crippen LogP contribution in [0.25, 0.3) is 11.0 Å². The van der Waals surface area contributed by atoms with Gasteiger partial charge in [-0.3, -0.25) is 14.9 Å². The number of rotatable bonds is 5. The first kappa shape index (κ1) is 15.9. The SMILES string of the molecule is CCCn1nc(C(=O)Nc2nc3ccccc3n2CC)ccc1=O. The van der Waals surface area contributed by atoms with E-state index < -0.39 is 0 Å². The van der Waals surface area contributed by atoms with Crippen LogP contribution in [0.2, 0.25) is 0 Å². The summed E-state index contributed by atoms with van der Waals surface area (Å²) in [6.45, 7) is 5.10. The molecule has 0 atom stereocenters. The van der Waals surface area contributed by atoms with Gasteiger partial charge in [-0.1, -0.05) is 19.1 Å². The maximum atomic E-state index is 12.5. The Balaban J connectivity index is 1.93. The number of carbonyl (C=O) groups excluding carboxylic acids is 1. The van der Waals surface area contributed by atoms with Crippen molar-refractivity contribution in [3.63, 3.8) is 0 Å². The van der Waals surface area contributed by atoms with E-state index in [0.717, 1.165) is 17.5 Å². The topological polar surface area (TPSA) is 81.8 Å². The van der Waals surface area contributed by atoms with Crippen molar-refractivity contribution in [2.24, 2.45) is 0 Å². The summed E-state index contributed by atoms with van der Waals surface area (Å²) in [5.41, 5.74) is 1.75. The monoisotopic (exact) mass is 325 g/mol. The van der Waals surface area contributed by atoms with Crippen molar-refractivity contribution < 1.29 is 4.79 Å². The number of hydrogen-bond acceptors (Lipinski definition) is 4. The van der Waals surface area contributed by atoms with Crippen LogP contribution in [0.5, 0.6) is 0 Å². The van der Waals surface area contributed by atoms with Gasteiger partial charge < -0.3 is 4.57 Å². The maximum Gasteiger partial charge on any atom is 0.278 e. The van der Waals surface area contributed by atoms with Crippen molar-refractivity contribution in [1.29, 1.82) is 0 Å². The van der Waals surface area contributed by atoms with Gasteiger partial charge in [-0.05, 0) is 31.5 Å². The molecular weight excluding hydrogens is 306 g/mol. The highest BCUT2D eigenvalue weighted by atomic mass is 16.2. The molecule has 0 aliphatic carbocycles. The third-order valence-electron chi connectivity index (χ3n) is 3.73. The normalized spacial score (nSPS) is 10.9. The summed E-state index contributed by atoms with van der Waals surface area (Å²) in [5.74, 6) is 0.0867. The number of anilines is 1. The summed E-state index contributed by atoms with van der Waals surface area (Å²) in [6, 6.07) is 10.5. The van der Waals surface area contributed by atoms with Crippen LogP contribution in [0, 0.1) is 0 Å². The molecule has 1 N–H and O–H groups in total. The van der Waals surface area contributed by atoms with Gasteiger partial charge in [0.1, 0.15) is 5.69 Å². The van der Waals surface area contributed by atoms with E-state index in [1.807, 2.05) is 42.7 Å². The molecule has 2 heterocycles. The number of amides is 1. The molecule has 0 spiro atoms. The van der Waals surface area contributed by atoms with Crippen LogP contribution in [-0.4, -0.2) is 25.2 Å². The molecule has 1 aromatic carbocycles. The number of nitrogens with one attached hydrogen (secondary N) is 1. The van der Waals surface area contributed by atoms with Crippen LogP contribution in [0.3, 0.4) is 0 Å². The quantitative estimate of drug-likeness (QED) is 0.780. The van der Waals surface area contributed by atoms with E-state index in [2.05, 4.69) is 15.4 Å². The number of imidazole rings is 1. The van der Waals surface area contributed by atoms with E-state index in [0.29, 0.717) is 19.0 Å². The zero-order chi connectivity index (χ0) is 17.1. The van der Waals surface area contributed by atoms with Crippen LogP contribution in [-0.2, 0) is 13.1 Å². The summed E-state index contributed by atoms with van der Waals surface area (Å²) < 4.78 is 3.23. The van der Waals surface area contributed by atoms with Crippen molar-refractivity contribution in [3.05, 3.63) is 52.4 Å². The highest BCUT2D eigenvalue weighted by molar-refractivity contribution is 6.02. The fraction of sp³-hybridized carbons (Fsp3) is 0.294. The van der Waals surface area contributed by atoms with Crippen LogP contribution in [0.15, 0.2) is 41.2 Å². The molecule has 0 aliphatic rings. The molecule has 0 saturated carbocycles. The van der Waals surface area contributed by atoms with Gasteiger partial charge in [-0.2, -0.15) is 5.10 Å². The molecule has 0 bridgehead atoms. The smallest absolute Gasteiger partial charge is 0.278 e. The summed E-state index contributed by atoms with van der Waals surface area (Å²) in [4.78, 5) is 28.7. The van der Waals surface area contributed by atoms with E-state index in [-0.39, 0.29) is 17.2 Å². The number of para-hydroxylation sites is 2. The maximum absolute atomic E-state index is 12.5. The summed E-state index contributed by atoms with van der Waals surface area (Å²) in [6.07, 6.45) is 0.767. The molecular formula is C17H19N5O2. The number of hydrogen-bond donors (Lipinski definition) is 1. The Morgan fingerprint density at radius 1 is 1.17 bits per heavy atom. The van der Waals surface area contributed by atoms with Crippen molar-refractivity contribution in [1.82, 2.24) is 19.3 Å². The molecule has 124 valence electrons. The highest BCUT2D eigenvalue weighted by Crippen LogP contribution is 2.19. The third-order valence-corrected chi connectivity index (χ3v) is 3.73. The average Bonchev–Trinajstić information content (AvgIpc) is 2.93. The molecule has 7 nitrogen and oxygen atoms in total. The largest absolute Gasteiger partial charge is 0.310 e. The van der Waals surface area contributed by atoms with E-state index in [9.17, 15) is 9.59 Å². The van der Waals surface area contributed by atoms with Crippen LogP contribution in [0.1, 0.15) is 30.8 Å². The van der Waals surface area contributed by atoms with E-state index >= 15 is 0 Å². The lowest BCUT2D eigenvalue weighted by Crippen LogP contribution is -2.26. The van der Waals surface area contributed by atoms with Gasteiger partial charge in [-0.25, -0.2) is 9.67 Å². The van der Waals surface area contributed by atoms with E-state index in [1.54, 1.807) is 0 Å². The fourth-order valence-corrected chi connectivity index (χ4v) is 2.60. The molecule has 0 unspecified atom stereocenters. The van der Waals surface area contributed by atoms with Crippen LogP contribution < -0.4 is 10.9 Å². The minimum atomic E-state index is -0.384. The van der Waals surface area contributed by atoms with Gasteiger partial charge in [0.25, 0.3) is 11.5 Å². The number of aryl methyl sites for hydroxylation is 2. The van der Waals surface area contributed by atoms with Crippen molar-refractivity contribution in [2.45, 2.75) is 33.4 Å². The van der Waals surface area contributed by atoms with E-state index in [1.165, 1.54) is 16.8 Å². The predicted molar refractivity (Wildman–Crippen MR) is 92.1 cm³/mol. The molecule has 0 saturated heterocycles. The Morgan fingerprint density at radius 2 is 1.96 bits per heavy atom. The second kappa shape index (κ2) is 6.66.